The zero-order valence-electron chi connectivity index (χ0n) is 9.73. The van der Waals surface area contributed by atoms with Crippen LogP contribution in [0.4, 0.5) is 5.00 Å². The summed E-state index contributed by atoms with van der Waals surface area (Å²) in [5, 5.41) is 10.2. The van der Waals surface area contributed by atoms with Gasteiger partial charge < -0.3 is 10.0 Å². The number of carbonyl (C=O) groups is 1. The van der Waals surface area contributed by atoms with Gasteiger partial charge in [0, 0.05) is 13.1 Å². The first-order valence-corrected chi connectivity index (χ1v) is 7.40. The lowest BCUT2D eigenvalue weighted by atomic mass is 9.85. The number of carboxylic acids is 1. The summed E-state index contributed by atoms with van der Waals surface area (Å²) in [6.45, 7) is 0. The molecule has 0 spiro atoms. The standard InChI is InChI=1S/C12H16BrNO2S/c1-14(11-7-6-10(13)17-11)9-4-2-8(3-5-9)12(15)16/h6-9H,2-5H2,1H3,(H,15,16). The zero-order valence-corrected chi connectivity index (χ0v) is 12.1. The van der Waals surface area contributed by atoms with Crippen molar-refractivity contribution in [2.45, 2.75) is 31.7 Å². The molecule has 0 aromatic carbocycles. The van der Waals surface area contributed by atoms with Crippen LogP contribution in [0.25, 0.3) is 0 Å². The fraction of sp³-hybridized carbons (Fsp3) is 0.583. The lowest BCUT2D eigenvalue weighted by Crippen LogP contribution is -2.36. The van der Waals surface area contributed by atoms with Gasteiger partial charge in [-0.25, -0.2) is 0 Å². The summed E-state index contributed by atoms with van der Waals surface area (Å²) in [6.07, 6.45) is 3.56. The molecule has 0 radical (unpaired) electrons. The average Bonchev–Trinajstić information content (AvgIpc) is 2.75. The number of nitrogens with zero attached hydrogens (tertiary/aromatic N) is 1. The minimum atomic E-state index is -0.634. The molecule has 1 aromatic rings. The maximum Gasteiger partial charge on any atom is 0.306 e. The highest BCUT2D eigenvalue weighted by Crippen LogP contribution is 2.34. The third-order valence-corrected chi connectivity index (χ3v) is 5.21. The van der Waals surface area contributed by atoms with Crippen molar-refractivity contribution < 1.29 is 9.90 Å². The van der Waals surface area contributed by atoms with Gasteiger partial charge in [-0.1, -0.05) is 0 Å². The van der Waals surface area contributed by atoms with E-state index in [1.165, 1.54) is 5.00 Å². The van der Waals surface area contributed by atoms with Crippen molar-refractivity contribution in [3.63, 3.8) is 0 Å². The molecule has 17 heavy (non-hydrogen) atoms. The third kappa shape index (κ3) is 3.01. The van der Waals surface area contributed by atoms with Crippen molar-refractivity contribution in [3.8, 4) is 0 Å². The highest BCUT2D eigenvalue weighted by atomic mass is 79.9. The van der Waals surface area contributed by atoms with Crippen LogP contribution in [0.2, 0.25) is 0 Å². The van der Waals surface area contributed by atoms with Gasteiger partial charge in [0.05, 0.1) is 14.7 Å². The molecular formula is C12H16BrNO2S. The van der Waals surface area contributed by atoms with E-state index in [9.17, 15) is 4.79 Å². The van der Waals surface area contributed by atoms with Gasteiger partial charge in [-0.05, 0) is 53.7 Å². The molecule has 1 saturated carbocycles. The molecule has 1 aliphatic rings. The molecule has 0 bridgehead atoms. The van der Waals surface area contributed by atoms with E-state index in [-0.39, 0.29) is 5.92 Å². The largest absolute Gasteiger partial charge is 0.481 e. The third-order valence-electron chi connectivity index (χ3n) is 3.50. The van der Waals surface area contributed by atoms with Gasteiger partial charge >= 0.3 is 5.97 Å². The molecule has 0 saturated heterocycles. The van der Waals surface area contributed by atoms with Gasteiger partial charge in [-0.15, -0.1) is 11.3 Å². The van der Waals surface area contributed by atoms with E-state index in [0.717, 1.165) is 29.5 Å². The topological polar surface area (TPSA) is 40.5 Å². The van der Waals surface area contributed by atoms with Gasteiger partial charge in [0.1, 0.15) is 0 Å². The molecule has 1 fully saturated rings. The molecule has 0 amide bonds. The Kier molecular flexibility index (Phi) is 4.09. The summed E-state index contributed by atoms with van der Waals surface area (Å²) >= 11 is 5.19. The van der Waals surface area contributed by atoms with Gasteiger partial charge in [-0.2, -0.15) is 0 Å². The summed E-state index contributed by atoms with van der Waals surface area (Å²) in [6, 6.07) is 4.65. The van der Waals surface area contributed by atoms with Crippen LogP contribution >= 0.6 is 27.3 Å². The monoisotopic (exact) mass is 317 g/mol. The number of hydrogen-bond donors (Lipinski definition) is 1. The quantitative estimate of drug-likeness (QED) is 0.926. The molecule has 5 heteroatoms. The van der Waals surface area contributed by atoms with Crippen molar-refractivity contribution in [3.05, 3.63) is 15.9 Å². The molecule has 94 valence electrons. The summed E-state index contributed by atoms with van der Waals surface area (Å²) in [7, 11) is 2.10. The van der Waals surface area contributed by atoms with Crippen LogP contribution in [-0.4, -0.2) is 24.2 Å². The normalized spacial score (nSPS) is 24.6. The smallest absolute Gasteiger partial charge is 0.306 e. The predicted octanol–water partition coefficient (Wildman–Crippen LogP) is 3.59. The molecule has 2 rings (SSSR count). The number of aliphatic carboxylic acids is 1. The van der Waals surface area contributed by atoms with E-state index in [2.05, 4.69) is 40.0 Å². The number of rotatable bonds is 3. The molecule has 3 nitrogen and oxygen atoms in total. The summed E-state index contributed by atoms with van der Waals surface area (Å²) < 4.78 is 1.14. The van der Waals surface area contributed by atoms with E-state index < -0.39 is 5.97 Å². The Balaban J connectivity index is 1.94. The Labute approximate surface area is 114 Å². The lowest BCUT2D eigenvalue weighted by Gasteiger charge is -2.33. The Morgan fingerprint density at radius 1 is 1.41 bits per heavy atom. The van der Waals surface area contributed by atoms with E-state index in [1.54, 1.807) is 11.3 Å². The Bertz CT molecular complexity index is 399. The molecule has 1 aromatic heterocycles. The average molecular weight is 318 g/mol. The first-order chi connectivity index (χ1) is 8.08. The van der Waals surface area contributed by atoms with Crippen LogP contribution in [0.15, 0.2) is 15.9 Å². The minimum Gasteiger partial charge on any atom is -0.481 e. The number of halogens is 1. The van der Waals surface area contributed by atoms with Gasteiger partial charge in [0.15, 0.2) is 0 Å². The Morgan fingerprint density at radius 3 is 2.53 bits per heavy atom. The lowest BCUT2D eigenvalue weighted by molar-refractivity contribution is -0.142. The molecule has 1 N–H and O–H groups in total. The van der Waals surface area contributed by atoms with Crippen LogP contribution in [0, 0.1) is 5.92 Å². The van der Waals surface area contributed by atoms with Crippen LogP contribution in [-0.2, 0) is 4.79 Å². The van der Waals surface area contributed by atoms with Crippen LogP contribution in [0.5, 0.6) is 0 Å². The zero-order chi connectivity index (χ0) is 12.4. The van der Waals surface area contributed by atoms with Crippen molar-refractivity contribution in [2.24, 2.45) is 5.92 Å². The summed E-state index contributed by atoms with van der Waals surface area (Å²) in [5.41, 5.74) is 0. The Hall–Kier alpha value is -0.550. The van der Waals surface area contributed by atoms with Crippen LogP contribution in [0.3, 0.4) is 0 Å². The van der Waals surface area contributed by atoms with Gasteiger partial charge in [0.2, 0.25) is 0 Å². The second-order valence-corrected chi connectivity index (χ2v) is 6.97. The van der Waals surface area contributed by atoms with E-state index in [4.69, 9.17) is 5.11 Å². The summed E-state index contributed by atoms with van der Waals surface area (Å²) in [4.78, 5) is 13.2. The molecular weight excluding hydrogens is 302 g/mol. The molecule has 1 heterocycles. The van der Waals surface area contributed by atoms with Gasteiger partial charge in [0.25, 0.3) is 0 Å². The molecule has 0 unspecified atom stereocenters. The highest BCUT2D eigenvalue weighted by molar-refractivity contribution is 9.11. The van der Waals surface area contributed by atoms with Crippen LogP contribution < -0.4 is 4.90 Å². The number of hydrogen-bond acceptors (Lipinski definition) is 3. The van der Waals surface area contributed by atoms with Gasteiger partial charge in [-0.3, -0.25) is 4.79 Å². The number of carboxylic acid groups (broad SMARTS) is 1. The minimum absolute atomic E-state index is 0.130. The second-order valence-electron chi connectivity index (χ2n) is 4.53. The first-order valence-electron chi connectivity index (χ1n) is 5.79. The SMILES string of the molecule is CN(c1ccc(Br)s1)C1CCC(C(=O)O)CC1. The maximum atomic E-state index is 10.9. The van der Waals surface area contributed by atoms with E-state index >= 15 is 0 Å². The molecule has 0 atom stereocenters. The van der Waals surface area contributed by atoms with Crippen molar-refractivity contribution >= 4 is 38.2 Å². The highest BCUT2D eigenvalue weighted by Gasteiger charge is 2.28. The Morgan fingerprint density at radius 2 is 2.06 bits per heavy atom. The first kappa shape index (κ1) is 12.9. The molecule has 1 aliphatic carbocycles. The van der Waals surface area contributed by atoms with Crippen molar-refractivity contribution in [1.82, 2.24) is 0 Å². The van der Waals surface area contributed by atoms with Crippen LogP contribution in [0.1, 0.15) is 25.7 Å². The number of anilines is 1. The van der Waals surface area contributed by atoms with E-state index in [1.807, 2.05) is 0 Å². The second kappa shape index (κ2) is 5.40. The van der Waals surface area contributed by atoms with E-state index in [0.29, 0.717) is 6.04 Å². The summed E-state index contributed by atoms with van der Waals surface area (Å²) in [5.74, 6) is -0.764. The maximum absolute atomic E-state index is 10.9. The fourth-order valence-corrected chi connectivity index (χ4v) is 3.78. The molecule has 0 aliphatic heterocycles. The number of thiophene rings is 1. The fourth-order valence-electron chi connectivity index (χ4n) is 2.38. The van der Waals surface area contributed by atoms with Crippen molar-refractivity contribution in [1.29, 1.82) is 0 Å². The van der Waals surface area contributed by atoms with Crippen molar-refractivity contribution in [2.75, 3.05) is 11.9 Å². The predicted molar refractivity (Wildman–Crippen MR) is 73.8 cm³/mol.